The van der Waals surface area contributed by atoms with E-state index in [4.69, 9.17) is 20.7 Å². The summed E-state index contributed by atoms with van der Waals surface area (Å²) in [5, 5.41) is 58.2. The number of azo groups is 2. The topological polar surface area (TPSA) is 220 Å². The predicted molar refractivity (Wildman–Crippen MR) is 140 cm³/mol. The van der Waals surface area contributed by atoms with E-state index in [2.05, 4.69) is 41.1 Å². The van der Waals surface area contributed by atoms with Crippen LogP contribution in [0.4, 0.5) is 0 Å². The van der Waals surface area contributed by atoms with Gasteiger partial charge >= 0.3 is 11.9 Å². The molecule has 0 aliphatic carbocycles. The van der Waals surface area contributed by atoms with E-state index in [1.807, 2.05) is 39.8 Å². The number of nitrogens with zero attached hydrogens (tertiary/aromatic N) is 8. The van der Waals surface area contributed by atoms with Crippen molar-refractivity contribution >= 4 is 23.6 Å². The second kappa shape index (κ2) is 13.6. The monoisotopic (exact) mass is 530 g/mol. The van der Waals surface area contributed by atoms with E-state index in [1.54, 1.807) is 0 Å². The van der Waals surface area contributed by atoms with Crippen molar-refractivity contribution in [2.75, 3.05) is 26.2 Å². The molecule has 208 valence electrons. The number of carbonyl (C=O) groups is 2. The number of amidine groups is 2. The van der Waals surface area contributed by atoms with Gasteiger partial charge in [0.15, 0.2) is 11.1 Å². The van der Waals surface area contributed by atoms with Gasteiger partial charge in [-0.2, -0.15) is 31.0 Å². The first kappa shape index (κ1) is 32.1. The molecule has 38 heavy (non-hydrogen) atoms. The highest BCUT2D eigenvalue weighted by molar-refractivity contribution is 5.93. The molecule has 0 aromatic carbocycles. The molecule has 0 aromatic heterocycles. The predicted octanol–water partition coefficient (Wildman–Crippen LogP) is 2.73. The first-order chi connectivity index (χ1) is 17.6. The molecule has 2 aliphatic rings. The Hall–Kier alpha value is -3.94. The molecule has 2 atom stereocenters. The summed E-state index contributed by atoms with van der Waals surface area (Å²) in [4.78, 5) is 29.8. The van der Waals surface area contributed by atoms with Crippen LogP contribution in [0.25, 0.3) is 0 Å². The summed E-state index contributed by atoms with van der Waals surface area (Å²) in [6.45, 7) is 14.3. The van der Waals surface area contributed by atoms with Crippen molar-refractivity contribution in [3.8, 4) is 12.1 Å². The maximum Gasteiger partial charge on any atom is 0.303 e. The van der Waals surface area contributed by atoms with E-state index < -0.39 is 34.1 Å². The van der Waals surface area contributed by atoms with Gasteiger partial charge in [0.2, 0.25) is 0 Å². The molecule has 0 aromatic rings. The van der Waals surface area contributed by atoms with Gasteiger partial charge in [-0.15, -0.1) is 0 Å². The summed E-state index contributed by atoms with van der Waals surface area (Å²) < 4.78 is 0. The lowest BCUT2D eigenvalue weighted by Gasteiger charge is -2.23. The summed E-state index contributed by atoms with van der Waals surface area (Å²) in [7, 11) is 0. The zero-order chi connectivity index (χ0) is 29.0. The van der Waals surface area contributed by atoms with Crippen LogP contribution in [0.1, 0.15) is 67.2 Å². The van der Waals surface area contributed by atoms with Gasteiger partial charge in [-0.25, -0.2) is 0 Å². The zero-order valence-electron chi connectivity index (χ0n) is 22.9. The largest absolute Gasteiger partial charge is 0.481 e. The second-order valence-electron chi connectivity index (χ2n) is 10.4. The fraction of sp³-hybridized carbons (Fsp3) is 0.750. The Bertz CT molecular complexity index is 985. The van der Waals surface area contributed by atoms with Crippen LogP contribution < -0.4 is 10.6 Å². The normalized spacial score (nSPS) is 18.5. The Morgan fingerprint density at radius 2 is 1.11 bits per heavy atom. The standard InChI is InChI=1S/C12H22N6.C12H16N4O4/c1-11(2,9-13-5-6-14-9)17-18-12(3,4)10-15-7-8-16-10;1-11(7-13,5-3-9(17)18)15-16-12(2,8-14)6-4-10(19)20/h5-8H2,1-4H3,(H,13,14)(H,15,16);3-6H2,1-2H3,(H,17,18)(H,19,20). The molecule has 0 spiro atoms. The van der Waals surface area contributed by atoms with Gasteiger partial charge in [-0.3, -0.25) is 19.6 Å². The van der Waals surface area contributed by atoms with E-state index in [1.165, 1.54) is 13.8 Å². The minimum absolute atomic E-state index is 0.0389. The molecule has 2 aliphatic heterocycles. The maximum absolute atomic E-state index is 10.5. The first-order valence-electron chi connectivity index (χ1n) is 12.3. The number of nitriles is 2. The molecule has 2 heterocycles. The first-order valence-corrected chi connectivity index (χ1v) is 12.3. The Labute approximate surface area is 223 Å². The Balaban J connectivity index is 0.000000381. The number of nitrogens with one attached hydrogen (secondary N) is 2. The minimum Gasteiger partial charge on any atom is -0.481 e. The summed E-state index contributed by atoms with van der Waals surface area (Å²) in [5.41, 5.74) is -3.49. The second-order valence-corrected chi connectivity index (χ2v) is 10.4. The van der Waals surface area contributed by atoms with Crippen molar-refractivity contribution in [1.82, 2.24) is 10.6 Å². The van der Waals surface area contributed by atoms with E-state index in [0.29, 0.717) is 0 Å². The third-order valence-electron chi connectivity index (χ3n) is 5.68. The van der Waals surface area contributed by atoms with Gasteiger partial charge in [0.05, 0.1) is 25.2 Å². The lowest BCUT2D eigenvalue weighted by molar-refractivity contribution is -0.138. The molecule has 14 heteroatoms. The van der Waals surface area contributed by atoms with Crippen LogP contribution in [0.15, 0.2) is 30.4 Å². The molecule has 0 fully saturated rings. The quantitative estimate of drug-likeness (QED) is 0.274. The number of hydrogen-bond acceptors (Lipinski definition) is 12. The fourth-order valence-corrected chi connectivity index (χ4v) is 3.14. The van der Waals surface area contributed by atoms with Crippen LogP contribution in [-0.2, 0) is 9.59 Å². The molecule has 0 amide bonds. The molecular weight excluding hydrogens is 492 g/mol. The SMILES string of the molecule is CC(C#N)(CCC(=O)O)N=NC(C)(C#N)CCC(=O)O.CC(C)(N=NC(C)(C)C1=NCCN1)C1=NCCN1. The van der Waals surface area contributed by atoms with Gasteiger partial charge in [0.25, 0.3) is 0 Å². The molecule has 0 saturated carbocycles. The van der Waals surface area contributed by atoms with Crippen LogP contribution in [0, 0.1) is 22.7 Å². The Morgan fingerprint density at radius 3 is 1.34 bits per heavy atom. The summed E-state index contributed by atoms with van der Waals surface area (Å²) >= 11 is 0. The van der Waals surface area contributed by atoms with E-state index >= 15 is 0 Å². The molecule has 14 nitrogen and oxygen atoms in total. The number of aliphatic imine (C=N–C) groups is 2. The zero-order valence-corrected chi connectivity index (χ0v) is 22.9. The average molecular weight is 531 g/mol. The van der Waals surface area contributed by atoms with Gasteiger partial charge in [-0.1, -0.05) is 0 Å². The lowest BCUT2D eigenvalue weighted by Crippen LogP contribution is -2.41. The molecule has 2 rings (SSSR count). The van der Waals surface area contributed by atoms with Gasteiger partial charge in [0.1, 0.15) is 22.7 Å². The van der Waals surface area contributed by atoms with Crippen LogP contribution in [0.3, 0.4) is 0 Å². The van der Waals surface area contributed by atoms with Crippen molar-refractivity contribution in [3.05, 3.63) is 0 Å². The van der Waals surface area contributed by atoms with Crippen molar-refractivity contribution in [2.24, 2.45) is 30.4 Å². The third-order valence-corrected chi connectivity index (χ3v) is 5.68. The lowest BCUT2D eigenvalue weighted by atomic mass is 9.97. The number of hydrogen-bond donors (Lipinski definition) is 4. The highest BCUT2D eigenvalue weighted by Gasteiger charge is 2.32. The summed E-state index contributed by atoms with van der Waals surface area (Å²) in [6.07, 6.45) is -0.575. The molecule has 0 radical (unpaired) electrons. The molecule has 0 saturated heterocycles. The van der Waals surface area contributed by atoms with E-state index in [-0.39, 0.29) is 25.7 Å². The molecule has 2 unspecified atom stereocenters. The number of rotatable bonds is 12. The maximum atomic E-state index is 10.5. The van der Waals surface area contributed by atoms with Crippen LogP contribution in [0.5, 0.6) is 0 Å². The Morgan fingerprint density at radius 1 is 0.763 bits per heavy atom. The summed E-state index contributed by atoms with van der Waals surface area (Å²) in [5.74, 6) is -0.280. The average Bonchev–Trinajstić information content (AvgIpc) is 3.60. The van der Waals surface area contributed by atoms with Crippen molar-refractivity contribution in [1.29, 1.82) is 10.5 Å². The number of aliphatic carboxylic acids is 2. The smallest absolute Gasteiger partial charge is 0.303 e. The van der Waals surface area contributed by atoms with Crippen molar-refractivity contribution < 1.29 is 19.8 Å². The van der Waals surface area contributed by atoms with Gasteiger partial charge < -0.3 is 20.8 Å². The van der Waals surface area contributed by atoms with Crippen molar-refractivity contribution in [2.45, 2.75) is 89.4 Å². The van der Waals surface area contributed by atoms with Crippen LogP contribution in [-0.4, -0.2) is 82.2 Å². The Kier molecular flexibility index (Phi) is 11.5. The van der Waals surface area contributed by atoms with E-state index in [0.717, 1.165) is 37.9 Å². The van der Waals surface area contributed by atoms with Gasteiger partial charge in [-0.05, 0) is 54.4 Å². The highest BCUT2D eigenvalue weighted by atomic mass is 16.4. The number of carboxylic acids is 2. The molecule has 0 bridgehead atoms. The third kappa shape index (κ3) is 10.6. The minimum atomic E-state index is -1.35. The van der Waals surface area contributed by atoms with E-state index in [9.17, 15) is 9.59 Å². The fourth-order valence-electron chi connectivity index (χ4n) is 3.14. The summed E-state index contributed by atoms with van der Waals surface area (Å²) in [6, 6.07) is 3.69. The molecule has 4 N–H and O–H groups in total. The van der Waals surface area contributed by atoms with Crippen molar-refractivity contribution in [3.63, 3.8) is 0 Å². The number of carboxylic acid groups (broad SMARTS) is 2. The highest BCUT2D eigenvalue weighted by Crippen LogP contribution is 2.23. The molecular formula is C24H38N10O4. The van der Waals surface area contributed by atoms with Gasteiger partial charge in [0, 0.05) is 25.9 Å². The van der Waals surface area contributed by atoms with Crippen LogP contribution >= 0.6 is 0 Å². The van der Waals surface area contributed by atoms with Crippen LogP contribution in [0.2, 0.25) is 0 Å².